The molecule has 2 aliphatic rings. The van der Waals surface area contributed by atoms with Gasteiger partial charge in [-0.2, -0.15) is 0 Å². The van der Waals surface area contributed by atoms with Crippen LogP contribution in [0, 0.1) is 6.92 Å². The van der Waals surface area contributed by atoms with Crippen molar-refractivity contribution >= 4 is 15.7 Å². The van der Waals surface area contributed by atoms with Crippen LogP contribution in [0.4, 0.5) is 0 Å². The molecule has 2 saturated heterocycles. The summed E-state index contributed by atoms with van der Waals surface area (Å²) in [6.45, 7) is 2.26. The monoisotopic (exact) mass is 265 g/mol. The maximum Gasteiger partial charge on any atom is 0.254 e. The molecular weight excluding hydrogens is 250 g/mol. The summed E-state index contributed by atoms with van der Waals surface area (Å²) in [6.07, 6.45) is 0.611. The van der Waals surface area contributed by atoms with Crippen molar-refractivity contribution in [1.82, 2.24) is 4.90 Å². The zero-order valence-corrected chi connectivity index (χ0v) is 11.0. The Balaban J connectivity index is 1.87. The third-order valence-electron chi connectivity index (χ3n) is 3.94. The van der Waals surface area contributed by atoms with Crippen LogP contribution in [0.1, 0.15) is 22.3 Å². The number of nitrogens with zero attached hydrogens (tertiary/aromatic N) is 1. The van der Waals surface area contributed by atoms with Crippen LogP contribution in [-0.4, -0.2) is 42.8 Å². The second kappa shape index (κ2) is 3.82. The molecule has 0 radical (unpaired) electrons. The van der Waals surface area contributed by atoms with Gasteiger partial charge in [-0.3, -0.25) is 4.79 Å². The van der Waals surface area contributed by atoms with E-state index in [-0.39, 0.29) is 23.0 Å². The minimum atomic E-state index is -2.94. The van der Waals surface area contributed by atoms with Gasteiger partial charge in [0.25, 0.3) is 5.91 Å². The first kappa shape index (κ1) is 11.7. The maximum absolute atomic E-state index is 12.4. The van der Waals surface area contributed by atoms with Crippen molar-refractivity contribution in [3.63, 3.8) is 0 Å². The van der Waals surface area contributed by atoms with E-state index in [0.29, 0.717) is 18.5 Å². The molecule has 0 N–H and O–H groups in total. The van der Waals surface area contributed by atoms with Crippen molar-refractivity contribution in [2.24, 2.45) is 0 Å². The van der Waals surface area contributed by atoms with Gasteiger partial charge in [-0.1, -0.05) is 18.2 Å². The van der Waals surface area contributed by atoms with Gasteiger partial charge in [0.05, 0.1) is 11.0 Å². The lowest BCUT2D eigenvalue weighted by molar-refractivity contribution is 0.0745. The molecule has 2 fully saturated rings. The minimum absolute atomic E-state index is 0.0319. The summed E-state index contributed by atoms with van der Waals surface area (Å²) in [6, 6.07) is 7.32. The first-order valence-corrected chi connectivity index (χ1v) is 7.79. The normalized spacial score (nSPS) is 28.6. The second-order valence-electron chi connectivity index (χ2n) is 5.11. The Morgan fingerprint density at radius 1 is 1.33 bits per heavy atom. The predicted molar refractivity (Wildman–Crippen MR) is 68.2 cm³/mol. The Kier molecular flexibility index (Phi) is 2.48. The molecule has 1 aromatic carbocycles. The molecule has 1 aromatic rings. The van der Waals surface area contributed by atoms with Crippen LogP contribution >= 0.6 is 0 Å². The number of hydrogen-bond donors (Lipinski definition) is 0. The molecule has 5 heteroatoms. The van der Waals surface area contributed by atoms with Crippen LogP contribution in [0.5, 0.6) is 0 Å². The Bertz CT molecular complexity index is 608. The summed E-state index contributed by atoms with van der Waals surface area (Å²) in [5, 5.41) is -0.338. The van der Waals surface area contributed by atoms with E-state index in [1.165, 1.54) is 0 Å². The molecule has 3 rings (SSSR count). The quantitative estimate of drug-likeness (QED) is 0.761. The van der Waals surface area contributed by atoms with Crippen molar-refractivity contribution in [1.29, 1.82) is 0 Å². The summed E-state index contributed by atoms with van der Waals surface area (Å²) in [4.78, 5) is 14.1. The number of carbonyl (C=O) groups is 1. The lowest BCUT2D eigenvalue weighted by atomic mass is 10.1. The lowest BCUT2D eigenvalue weighted by Crippen LogP contribution is -2.44. The van der Waals surface area contributed by atoms with Crippen molar-refractivity contribution in [2.45, 2.75) is 24.6 Å². The van der Waals surface area contributed by atoms with E-state index in [2.05, 4.69) is 0 Å². The van der Waals surface area contributed by atoms with Gasteiger partial charge in [-0.15, -0.1) is 0 Å². The van der Waals surface area contributed by atoms with Gasteiger partial charge < -0.3 is 4.90 Å². The van der Waals surface area contributed by atoms with Gasteiger partial charge in [0, 0.05) is 18.2 Å². The molecule has 0 aliphatic carbocycles. The highest BCUT2D eigenvalue weighted by molar-refractivity contribution is 7.92. The van der Waals surface area contributed by atoms with Gasteiger partial charge >= 0.3 is 0 Å². The smallest absolute Gasteiger partial charge is 0.254 e. The molecule has 4 nitrogen and oxygen atoms in total. The predicted octanol–water partition coefficient (Wildman–Crippen LogP) is 1.01. The fourth-order valence-corrected chi connectivity index (χ4v) is 4.94. The molecule has 2 aliphatic heterocycles. The number of fused-ring (bicyclic) bond motifs is 2. The lowest BCUT2D eigenvalue weighted by Gasteiger charge is -2.27. The summed E-state index contributed by atoms with van der Waals surface area (Å²) >= 11 is 0. The summed E-state index contributed by atoms with van der Waals surface area (Å²) < 4.78 is 23.3. The number of benzene rings is 1. The highest BCUT2D eigenvalue weighted by atomic mass is 32.2. The molecule has 2 unspecified atom stereocenters. The van der Waals surface area contributed by atoms with Crippen LogP contribution in [0.25, 0.3) is 0 Å². The molecule has 0 aromatic heterocycles. The largest absolute Gasteiger partial charge is 0.333 e. The maximum atomic E-state index is 12.4. The van der Waals surface area contributed by atoms with Gasteiger partial charge in [0.1, 0.15) is 0 Å². The number of carbonyl (C=O) groups excluding carboxylic acids is 1. The van der Waals surface area contributed by atoms with Crippen LogP contribution in [-0.2, 0) is 9.84 Å². The first-order valence-electron chi connectivity index (χ1n) is 6.07. The second-order valence-corrected chi connectivity index (χ2v) is 7.44. The molecular formula is C13H15NO3S. The van der Waals surface area contributed by atoms with Crippen LogP contribution in [0.15, 0.2) is 24.3 Å². The topological polar surface area (TPSA) is 54.5 Å². The van der Waals surface area contributed by atoms with Gasteiger partial charge in [-0.25, -0.2) is 8.42 Å². The molecule has 2 bridgehead atoms. The molecule has 2 atom stereocenters. The number of rotatable bonds is 1. The zero-order chi connectivity index (χ0) is 12.9. The molecule has 1 amide bonds. The van der Waals surface area contributed by atoms with Crippen molar-refractivity contribution in [3.05, 3.63) is 35.4 Å². The van der Waals surface area contributed by atoms with Crippen LogP contribution < -0.4 is 0 Å². The van der Waals surface area contributed by atoms with Crippen molar-refractivity contribution < 1.29 is 13.2 Å². The zero-order valence-electron chi connectivity index (χ0n) is 10.2. The van der Waals surface area contributed by atoms with Crippen molar-refractivity contribution in [2.75, 3.05) is 12.3 Å². The average molecular weight is 265 g/mol. The third-order valence-corrected chi connectivity index (χ3v) is 6.15. The molecule has 18 heavy (non-hydrogen) atoms. The molecule has 0 saturated carbocycles. The number of amides is 1. The van der Waals surface area contributed by atoms with E-state index in [1.54, 1.807) is 11.0 Å². The molecule has 2 heterocycles. The van der Waals surface area contributed by atoms with Gasteiger partial charge in [0.15, 0.2) is 9.84 Å². The summed E-state index contributed by atoms with van der Waals surface area (Å²) in [5.74, 6) is 0.102. The molecule has 0 spiro atoms. The molecule has 96 valence electrons. The van der Waals surface area contributed by atoms with Gasteiger partial charge in [0.2, 0.25) is 0 Å². The van der Waals surface area contributed by atoms with E-state index in [0.717, 1.165) is 5.56 Å². The van der Waals surface area contributed by atoms with Gasteiger partial charge in [-0.05, 0) is 25.0 Å². The van der Waals surface area contributed by atoms with E-state index in [1.807, 2.05) is 25.1 Å². The highest BCUT2D eigenvalue weighted by Gasteiger charge is 2.50. The highest BCUT2D eigenvalue weighted by Crippen LogP contribution is 2.34. The SMILES string of the molecule is Cc1ccccc1C(=O)N1CC2CC1CS2(=O)=O. The van der Waals surface area contributed by atoms with Crippen molar-refractivity contribution in [3.8, 4) is 0 Å². The van der Waals surface area contributed by atoms with E-state index >= 15 is 0 Å². The third kappa shape index (κ3) is 1.65. The van der Waals surface area contributed by atoms with E-state index in [4.69, 9.17) is 0 Å². The fraction of sp³-hybridized carbons (Fsp3) is 0.462. The Hall–Kier alpha value is -1.36. The number of hydrogen-bond acceptors (Lipinski definition) is 3. The van der Waals surface area contributed by atoms with E-state index < -0.39 is 9.84 Å². The number of sulfone groups is 1. The first-order chi connectivity index (χ1) is 8.49. The Morgan fingerprint density at radius 3 is 2.61 bits per heavy atom. The Morgan fingerprint density at radius 2 is 2.06 bits per heavy atom. The standard InChI is InChI=1S/C13H15NO3S/c1-9-4-2-3-5-12(9)13(15)14-7-11-6-10(14)8-18(11,16)17/h2-5,10-11H,6-8H2,1H3. The minimum Gasteiger partial charge on any atom is -0.333 e. The van der Waals surface area contributed by atoms with Crippen LogP contribution in [0.2, 0.25) is 0 Å². The summed E-state index contributed by atoms with van der Waals surface area (Å²) in [7, 11) is -2.94. The fourth-order valence-electron chi connectivity index (χ4n) is 2.91. The number of likely N-dealkylation sites (tertiary alicyclic amines) is 1. The summed E-state index contributed by atoms with van der Waals surface area (Å²) in [5.41, 5.74) is 1.62. The van der Waals surface area contributed by atoms with Crippen LogP contribution in [0.3, 0.4) is 0 Å². The average Bonchev–Trinajstić information content (AvgIpc) is 2.84. The van der Waals surface area contributed by atoms with E-state index in [9.17, 15) is 13.2 Å². The number of aryl methyl sites for hydroxylation is 1. The Labute approximate surface area is 107 Å².